The molecule has 5 rings (SSSR count). The Bertz CT molecular complexity index is 1290. The zero-order chi connectivity index (χ0) is 27.2. The van der Waals surface area contributed by atoms with Crippen molar-refractivity contribution in [3.63, 3.8) is 0 Å². The van der Waals surface area contributed by atoms with Gasteiger partial charge in [-0.2, -0.15) is 0 Å². The Hall–Kier alpha value is -3.73. The molecule has 10 nitrogen and oxygen atoms in total. The van der Waals surface area contributed by atoms with E-state index in [1.165, 1.54) is 11.3 Å². The predicted octanol–water partition coefficient (Wildman–Crippen LogP) is 2.72. The number of benzene rings is 1. The van der Waals surface area contributed by atoms with Crippen LogP contribution in [0.5, 0.6) is 5.75 Å². The van der Waals surface area contributed by atoms with Gasteiger partial charge in [-0.15, -0.1) is 11.3 Å². The maximum Gasteiger partial charge on any atom is 0.273 e. The number of likely N-dealkylation sites (tertiary alicyclic amines) is 1. The van der Waals surface area contributed by atoms with E-state index in [-0.39, 0.29) is 36.2 Å². The number of aryl methyl sites for hydroxylation is 2. The number of carbonyl (C=O) groups is 3. The monoisotopic (exact) mass is 550 g/mol. The van der Waals surface area contributed by atoms with E-state index in [0.717, 1.165) is 36.4 Å². The third kappa shape index (κ3) is 6.47. The Morgan fingerprint density at radius 3 is 2.90 bits per heavy atom. The maximum absolute atomic E-state index is 13.3. The van der Waals surface area contributed by atoms with Crippen LogP contribution in [-0.2, 0) is 22.6 Å². The van der Waals surface area contributed by atoms with Crippen LogP contribution in [0.15, 0.2) is 47.5 Å². The third-order valence-corrected chi connectivity index (χ3v) is 7.94. The minimum Gasteiger partial charge on any atom is -0.494 e. The van der Waals surface area contributed by atoms with E-state index < -0.39 is 0 Å². The summed E-state index contributed by atoms with van der Waals surface area (Å²) in [6, 6.07) is 7.59. The summed E-state index contributed by atoms with van der Waals surface area (Å²) in [5, 5.41) is 4.88. The van der Waals surface area contributed by atoms with Gasteiger partial charge in [-0.05, 0) is 30.5 Å². The minimum atomic E-state index is -0.298. The summed E-state index contributed by atoms with van der Waals surface area (Å²) in [6.07, 6.45) is 6.20. The molecule has 2 bridgehead atoms. The van der Waals surface area contributed by atoms with Gasteiger partial charge in [0.15, 0.2) is 0 Å². The molecule has 1 saturated heterocycles. The first-order valence-electron chi connectivity index (χ1n) is 13.5. The molecular weight excluding hydrogens is 516 g/mol. The number of hydrogen-bond donors (Lipinski definition) is 1. The van der Waals surface area contributed by atoms with Crippen molar-refractivity contribution in [2.75, 3.05) is 32.8 Å². The highest BCUT2D eigenvalue weighted by Gasteiger charge is 2.38. The Kier molecular flexibility index (Phi) is 8.55. The fraction of sp³-hybridized carbons (Fsp3) is 0.464. The highest BCUT2D eigenvalue weighted by atomic mass is 32.1. The molecule has 2 atom stereocenters. The van der Waals surface area contributed by atoms with Crippen molar-refractivity contribution in [1.82, 2.24) is 29.7 Å². The van der Waals surface area contributed by atoms with Gasteiger partial charge in [0, 0.05) is 62.7 Å². The number of thiazole rings is 1. The van der Waals surface area contributed by atoms with Gasteiger partial charge < -0.3 is 24.4 Å². The van der Waals surface area contributed by atoms with E-state index in [1.54, 1.807) is 26.9 Å². The molecule has 3 amide bonds. The average molecular weight is 551 g/mol. The van der Waals surface area contributed by atoms with Gasteiger partial charge >= 0.3 is 0 Å². The number of nitrogens with one attached hydrogen (secondary N) is 1. The zero-order valence-corrected chi connectivity index (χ0v) is 22.9. The molecule has 0 aliphatic carbocycles. The van der Waals surface area contributed by atoms with Gasteiger partial charge in [-0.1, -0.05) is 19.1 Å². The summed E-state index contributed by atoms with van der Waals surface area (Å²) in [7, 11) is 0. The Balaban J connectivity index is 1.32. The Morgan fingerprint density at radius 1 is 1.18 bits per heavy atom. The summed E-state index contributed by atoms with van der Waals surface area (Å²) >= 11 is 1.38. The molecule has 2 aliphatic rings. The number of carbonyl (C=O) groups excluding carboxylic acids is 3. The number of aromatic nitrogens is 3. The highest BCUT2D eigenvalue weighted by Crippen LogP contribution is 2.31. The second-order valence-electron chi connectivity index (χ2n) is 9.95. The number of rotatable bonds is 5. The summed E-state index contributed by atoms with van der Waals surface area (Å²) in [5.74, 6) is 1.15. The molecule has 0 spiro atoms. The molecule has 1 aromatic carbocycles. The summed E-state index contributed by atoms with van der Waals surface area (Å²) < 4.78 is 8.01. The number of nitrogens with zero attached hydrogens (tertiary/aromatic N) is 5. The van der Waals surface area contributed by atoms with Crippen molar-refractivity contribution in [1.29, 1.82) is 0 Å². The molecule has 0 saturated carbocycles. The van der Waals surface area contributed by atoms with E-state index in [2.05, 4.69) is 15.3 Å². The fourth-order valence-corrected chi connectivity index (χ4v) is 5.84. The normalized spacial score (nSPS) is 20.1. The Labute approximate surface area is 232 Å². The first kappa shape index (κ1) is 26.9. The summed E-state index contributed by atoms with van der Waals surface area (Å²) in [5.41, 5.74) is 3.06. The van der Waals surface area contributed by atoms with Crippen LogP contribution in [0.1, 0.15) is 54.0 Å². The molecule has 0 unspecified atom stereocenters. The first-order valence-corrected chi connectivity index (χ1v) is 14.4. The van der Waals surface area contributed by atoms with Crippen LogP contribution in [0.25, 0.3) is 0 Å². The molecule has 4 heterocycles. The lowest BCUT2D eigenvalue weighted by atomic mass is 9.94. The highest BCUT2D eigenvalue weighted by molar-refractivity contribution is 7.07. The number of hydrogen-bond acceptors (Lipinski definition) is 7. The van der Waals surface area contributed by atoms with Gasteiger partial charge in [-0.25, -0.2) is 9.97 Å². The van der Waals surface area contributed by atoms with Crippen LogP contribution in [-0.4, -0.2) is 80.9 Å². The van der Waals surface area contributed by atoms with E-state index in [1.807, 2.05) is 42.0 Å². The SMILES string of the molecule is CCc1nccn1CCC(=O)N1CCCCOc2cccc(c2)[C@H]2CN(C(=O)c3cscn3)C[C@@H]2NC(=O)C1. The van der Waals surface area contributed by atoms with E-state index in [0.29, 0.717) is 44.9 Å². The molecule has 2 aromatic heterocycles. The second kappa shape index (κ2) is 12.4. The number of fused-ring (bicyclic) bond motifs is 4. The van der Waals surface area contributed by atoms with Crippen molar-refractivity contribution < 1.29 is 19.1 Å². The number of ether oxygens (including phenoxy) is 1. The van der Waals surface area contributed by atoms with Crippen LogP contribution in [0.2, 0.25) is 0 Å². The molecule has 0 radical (unpaired) electrons. The third-order valence-electron chi connectivity index (χ3n) is 7.35. The lowest BCUT2D eigenvalue weighted by molar-refractivity contribution is -0.136. The fourth-order valence-electron chi connectivity index (χ4n) is 5.31. The van der Waals surface area contributed by atoms with Crippen molar-refractivity contribution in [3.05, 3.63) is 64.6 Å². The van der Waals surface area contributed by atoms with E-state index >= 15 is 0 Å². The topological polar surface area (TPSA) is 110 Å². The van der Waals surface area contributed by atoms with Gasteiger partial charge in [0.2, 0.25) is 11.8 Å². The summed E-state index contributed by atoms with van der Waals surface area (Å²) in [6.45, 7) is 4.36. The van der Waals surface area contributed by atoms with Crippen molar-refractivity contribution in [2.45, 2.75) is 51.1 Å². The van der Waals surface area contributed by atoms with Gasteiger partial charge in [0.05, 0.1) is 24.7 Å². The van der Waals surface area contributed by atoms with Gasteiger partial charge in [0.1, 0.15) is 17.3 Å². The standard InChI is InChI=1S/C28H34N6O4S/c1-2-25-29-9-12-32(25)11-8-27(36)33-10-3-4-13-38-21-7-5-6-20(14-21)22-15-34(16-23(22)31-26(35)17-33)28(37)24-18-39-19-30-24/h5-7,9,12,14,18-19,22-23H,2-4,8,10-11,13,15-17H2,1H3,(H,31,35)/t22-,23+/m1/s1. The van der Waals surface area contributed by atoms with Gasteiger partial charge in [-0.3, -0.25) is 14.4 Å². The summed E-state index contributed by atoms with van der Waals surface area (Å²) in [4.78, 5) is 51.5. The van der Waals surface area contributed by atoms with Crippen molar-refractivity contribution in [2.24, 2.45) is 0 Å². The van der Waals surface area contributed by atoms with Crippen LogP contribution in [0, 0.1) is 0 Å². The molecular formula is C28H34N6O4S. The average Bonchev–Trinajstić information content (AvgIpc) is 3.71. The molecule has 1 N–H and O–H groups in total. The van der Waals surface area contributed by atoms with Crippen LogP contribution in [0.3, 0.4) is 0 Å². The quantitative estimate of drug-likeness (QED) is 0.523. The second-order valence-corrected chi connectivity index (χ2v) is 10.7. The van der Waals surface area contributed by atoms with Gasteiger partial charge in [0.25, 0.3) is 5.91 Å². The smallest absolute Gasteiger partial charge is 0.273 e. The molecule has 3 aromatic rings. The molecule has 2 aliphatic heterocycles. The lowest BCUT2D eigenvalue weighted by Crippen LogP contribution is -2.47. The molecule has 11 heteroatoms. The number of imidazole rings is 1. The van der Waals surface area contributed by atoms with Crippen LogP contribution in [0.4, 0.5) is 0 Å². The lowest BCUT2D eigenvalue weighted by Gasteiger charge is -2.26. The van der Waals surface area contributed by atoms with Crippen LogP contribution >= 0.6 is 11.3 Å². The van der Waals surface area contributed by atoms with Crippen molar-refractivity contribution in [3.8, 4) is 5.75 Å². The largest absolute Gasteiger partial charge is 0.494 e. The minimum absolute atomic E-state index is 0.0203. The molecule has 39 heavy (non-hydrogen) atoms. The molecule has 206 valence electrons. The number of amides is 3. The van der Waals surface area contributed by atoms with E-state index in [9.17, 15) is 14.4 Å². The zero-order valence-electron chi connectivity index (χ0n) is 22.1. The molecule has 1 fully saturated rings. The van der Waals surface area contributed by atoms with Crippen LogP contribution < -0.4 is 10.1 Å². The maximum atomic E-state index is 13.3. The van der Waals surface area contributed by atoms with Crippen molar-refractivity contribution >= 4 is 29.1 Å². The Morgan fingerprint density at radius 2 is 2.08 bits per heavy atom. The first-order chi connectivity index (χ1) is 19.0. The van der Waals surface area contributed by atoms with E-state index in [4.69, 9.17) is 4.74 Å². The predicted molar refractivity (Wildman–Crippen MR) is 147 cm³/mol.